The molecule has 1 aromatic rings. The fourth-order valence-corrected chi connectivity index (χ4v) is 2.59. The van der Waals surface area contributed by atoms with Crippen LogP contribution in [0.15, 0.2) is 30.3 Å². The molecular weight excluding hydrogens is 304 g/mol. The third-order valence-corrected chi connectivity index (χ3v) is 3.78. The normalized spacial score (nSPS) is 12.8. The van der Waals surface area contributed by atoms with Crippen molar-refractivity contribution in [1.82, 2.24) is 0 Å². The molecule has 0 spiro atoms. The second-order valence-electron chi connectivity index (χ2n) is 5.16. The standard InChI is InChI=1S/C16H24O5S/c1-3-20-16(17)15(13-14-9-5-4-6-10-14)11-7-8-12-21-22(2,18)19/h4-6,9-10,15H,3,7-8,11-13H2,1-2H3. The average molecular weight is 328 g/mol. The number of ether oxygens (including phenoxy) is 1. The fourth-order valence-electron chi connectivity index (χ4n) is 2.17. The van der Waals surface area contributed by atoms with E-state index in [4.69, 9.17) is 8.92 Å². The number of hydrogen-bond donors (Lipinski definition) is 0. The van der Waals surface area contributed by atoms with E-state index >= 15 is 0 Å². The van der Waals surface area contributed by atoms with Gasteiger partial charge in [0.2, 0.25) is 0 Å². The Hall–Kier alpha value is -1.40. The van der Waals surface area contributed by atoms with E-state index in [1.807, 2.05) is 30.3 Å². The Labute approximate surface area is 132 Å². The van der Waals surface area contributed by atoms with Gasteiger partial charge in [-0.1, -0.05) is 36.8 Å². The zero-order valence-corrected chi connectivity index (χ0v) is 14.0. The van der Waals surface area contributed by atoms with Gasteiger partial charge in [0, 0.05) is 0 Å². The van der Waals surface area contributed by atoms with Crippen LogP contribution in [0.3, 0.4) is 0 Å². The summed E-state index contributed by atoms with van der Waals surface area (Å²) in [6, 6.07) is 9.79. The molecule has 0 saturated heterocycles. The second kappa shape index (κ2) is 9.58. The Morgan fingerprint density at radius 2 is 1.86 bits per heavy atom. The smallest absolute Gasteiger partial charge is 0.309 e. The predicted octanol–water partition coefficient (Wildman–Crippen LogP) is 2.55. The van der Waals surface area contributed by atoms with Gasteiger partial charge in [0.1, 0.15) is 0 Å². The highest BCUT2D eigenvalue weighted by Gasteiger charge is 2.19. The summed E-state index contributed by atoms with van der Waals surface area (Å²) in [5, 5.41) is 0. The van der Waals surface area contributed by atoms with Crippen molar-refractivity contribution >= 4 is 16.1 Å². The van der Waals surface area contributed by atoms with Gasteiger partial charge in [-0.3, -0.25) is 8.98 Å². The van der Waals surface area contributed by atoms with E-state index in [2.05, 4.69) is 0 Å². The summed E-state index contributed by atoms with van der Waals surface area (Å²) in [4.78, 5) is 12.0. The Bertz CT molecular complexity index is 539. The lowest BCUT2D eigenvalue weighted by Crippen LogP contribution is -2.20. The molecule has 1 rings (SSSR count). The molecule has 0 amide bonds. The number of unbranched alkanes of at least 4 members (excludes halogenated alkanes) is 1. The molecule has 0 fully saturated rings. The first-order valence-electron chi connectivity index (χ1n) is 7.47. The molecule has 0 aromatic heterocycles. The Morgan fingerprint density at radius 3 is 2.45 bits per heavy atom. The molecule has 1 aromatic carbocycles. The van der Waals surface area contributed by atoms with Gasteiger partial charge >= 0.3 is 5.97 Å². The molecule has 0 aliphatic heterocycles. The minimum Gasteiger partial charge on any atom is -0.466 e. The minimum atomic E-state index is -3.39. The summed E-state index contributed by atoms with van der Waals surface area (Å²) >= 11 is 0. The van der Waals surface area contributed by atoms with E-state index in [1.165, 1.54) is 0 Å². The maximum atomic E-state index is 12.0. The van der Waals surface area contributed by atoms with E-state index < -0.39 is 10.1 Å². The molecular formula is C16H24O5S. The van der Waals surface area contributed by atoms with Crippen molar-refractivity contribution in [2.24, 2.45) is 5.92 Å². The number of benzene rings is 1. The quantitative estimate of drug-likeness (QED) is 0.375. The Kier molecular flexibility index (Phi) is 8.12. The van der Waals surface area contributed by atoms with Crippen LogP contribution >= 0.6 is 0 Å². The van der Waals surface area contributed by atoms with Gasteiger partial charge in [0.15, 0.2) is 0 Å². The van der Waals surface area contributed by atoms with E-state index in [0.29, 0.717) is 32.3 Å². The molecule has 6 heteroatoms. The topological polar surface area (TPSA) is 69.7 Å². The first-order valence-corrected chi connectivity index (χ1v) is 9.29. The van der Waals surface area contributed by atoms with Crippen LogP contribution < -0.4 is 0 Å². The van der Waals surface area contributed by atoms with Crippen LogP contribution in [0.5, 0.6) is 0 Å². The van der Waals surface area contributed by atoms with Gasteiger partial charge in [-0.15, -0.1) is 0 Å². The van der Waals surface area contributed by atoms with Crippen molar-refractivity contribution in [3.05, 3.63) is 35.9 Å². The third kappa shape index (κ3) is 8.14. The van der Waals surface area contributed by atoms with Gasteiger partial charge in [-0.2, -0.15) is 8.42 Å². The number of carbonyl (C=O) groups excluding carboxylic acids is 1. The molecule has 5 nitrogen and oxygen atoms in total. The number of carbonyl (C=O) groups is 1. The Morgan fingerprint density at radius 1 is 1.18 bits per heavy atom. The van der Waals surface area contributed by atoms with Crippen molar-refractivity contribution in [3.8, 4) is 0 Å². The van der Waals surface area contributed by atoms with Crippen molar-refractivity contribution < 1.29 is 22.1 Å². The van der Waals surface area contributed by atoms with Crippen LogP contribution in [0.2, 0.25) is 0 Å². The molecule has 0 radical (unpaired) electrons. The summed E-state index contributed by atoms with van der Waals surface area (Å²) in [6.07, 6.45) is 3.63. The molecule has 124 valence electrons. The molecule has 0 N–H and O–H groups in total. The second-order valence-corrected chi connectivity index (χ2v) is 6.80. The first-order chi connectivity index (χ1) is 10.4. The lowest BCUT2D eigenvalue weighted by atomic mass is 9.94. The SMILES string of the molecule is CCOC(=O)C(CCCCOS(C)(=O)=O)Cc1ccccc1. The highest BCUT2D eigenvalue weighted by molar-refractivity contribution is 7.85. The minimum absolute atomic E-state index is 0.152. The molecule has 22 heavy (non-hydrogen) atoms. The predicted molar refractivity (Wildman–Crippen MR) is 84.9 cm³/mol. The third-order valence-electron chi connectivity index (χ3n) is 3.19. The molecule has 0 aliphatic carbocycles. The highest BCUT2D eigenvalue weighted by atomic mass is 32.2. The van der Waals surface area contributed by atoms with Crippen LogP contribution in [0, 0.1) is 5.92 Å². The lowest BCUT2D eigenvalue weighted by Gasteiger charge is -2.15. The average Bonchev–Trinajstić information content (AvgIpc) is 2.46. The Balaban J connectivity index is 2.47. The summed E-state index contributed by atoms with van der Waals surface area (Å²) < 4.78 is 31.5. The molecule has 1 atom stereocenters. The summed E-state index contributed by atoms with van der Waals surface area (Å²) in [7, 11) is -3.39. The van der Waals surface area contributed by atoms with Gasteiger partial charge in [0.05, 0.1) is 25.4 Å². The van der Waals surface area contributed by atoms with Gasteiger partial charge in [0.25, 0.3) is 10.1 Å². The zero-order chi connectivity index (χ0) is 16.4. The number of esters is 1. The number of hydrogen-bond acceptors (Lipinski definition) is 5. The van der Waals surface area contributed by atoms with Crippen LogP contribution in [0.1, 0.15) is 31.7 Å². The van der Waals surface area contributed by atoms with Crippen molar-refractivity contribution in [2.45, 2.75) is 32.6 Å². The maximum absolute atomic E-state index is 12.0. The first kappa shape index (κ1) is 18.6. The molecule has 0 aliphatic rings. The fraction of sp³-hybridized carbons (Fsp3) is 0.562. The van der Waals surface area contributed by atoms with Crippen LogP contribution in [0.4, 0.5) is 0 Å². The van der Waals surface area contributed by atoms with Crippen molar-refractivity contribution in [2.75, 3.05) is 19.5 Å². The summed E-state index contributed by atoms with van der Waals surface area (Å²) in [5.74, 6) is -0.407. The monoisotopic (exact) mass is 328 g/mol. The zero-order valence-electron chi connectivity index (χ0n) is 13.2. The van der Waals surface area contributed by atoms with E-state index in [9.17, 15) is 13.2 Å². The van der Waals surface area contributed by atoms with E-state index in [-0.39, 0.29) is 18.5 Å². The largest absolute Gasteiger partial charge is 0.466 e. The summed E-state index contributed by atoms with van der Waals surface area (Å²) in [5.41, 5.74) is 1.09. The van der Waals surface area contributed by atoms with Crippen molar-refractivity contribution in [3.63, 3.8) is 0 Å². The molecule has 0 saturated carbocycles. The van der Waals surface area contributed by atoms with E-state index in [0.717, 1.165) is 11.8 Å². The van der Waals surface area contributed by atoms with Gasteiger partial charge in [-0.05, 0) is 31.7 Å². The molecule has 0 heterocycles. The maximum Gasteiger partial charge on any atom is 0.309 e. The highest BCUT2D eigenvalue weighted by Crippen LogP contribution is 2.17. The van der Waals surface area contributed by atoms with Crippen LogP contribution in [-0.2, 0) is 30.3 Å². The van der Waals surface area contributed by atoms with E-state index in [1.54, 1.807) is 6.92 Å². The molecule has 0 bridgehead atoms. The lowest BCUT2D eigenvalue weighted by molar-refractivity contribution is -0.148. The summed E-state index contributed by atoms with van der Waals surface area (Å²) in [6.45, 7) is 2.30. The van der Waals surface area contributed by atoms with Crippen LogP contribution in [0.25, 0.3) is 0 Å². The van der Waals surface area contributed by atoms with Crippen LogP contribution in [-0.4, -0.2) is 33.9 Å². The van der Waals surface area contributed by atoms with Gasteiger partial charge < -0.3 is 4.74 Å². The number of rotatable bonds is 10. The molecule has 1 unspecified atom stereocenters. The van der Waals surface area contributed by atoms with Crippen molar-refractivity contribution in [1.29, 1.82) is 0 Å². The van der Waals surface area contributed by atoms with Gasteiger partial charge in [-0.25, -0.2) is 0 Å².